The second kappa shape index (κ2) is 5.16. The number of aliphatic hydroxyl groups excluding tert-OH is 1. The number of hydrogen-bond acceptors (Lipinski definition) is 3. The van der Waals surface area contributed by atoms with Crippen LogP contribution in [-0.2, 0) is 7.05 Å². The van der Waals surface area contributed by atoms with Crippen molar-refractivity contribution in [2.24, 2.45) is 13.0 Å². The van der Waals surface area contributed by atoms with Crippen LogP contribution < -0.4 is 4.74 Å². The summed E-state index contributed by atoms with van der Waals surface area (Å²) >= 11 is 0. The molecule has 0 unspecified atom stereocenters. The van der Waals surface area contributed by atoms with Gasteiger partial charge in [-0.2, -0.15) is 5.10 Å². The van der Waals surface area contributed by atoms with E-state index < -0.39 is 0 Å². The lowest BCUT2D eigenvalue weighted by Gasteiger charge is -2.08. The highest BCUT2D eigenvalue weighted by Gasteiger charge is 2.13. The van der Waals surface area contributed by atoms with Crippen LogP contribution in [0.1, 0.15) is 25.1 Å². The summed E-state index contributed by atoms with van der Waals surface area (Å²) in [7, 11) is 3.47. The molecular formula is C12H20N2O2. The van der Waals surface area contributed by atoms with E-state index in [0.717, 1.165) is 22.7 Å². The van der Waals surface area contributed by atoms with Crippen LogP contribution in [0, 0.1) is 12.8 Å². The van der Waals surface area contributed by atoms with Crippen molar-refractivity contribution in [3.05, 3.63) is 16.8 Å². The maximum Gasteiger partial charge on any atom is 0.218 e. The molecule has 1 rings (SSSR count). The van der Waals surface area contributed by atoms with E-state index in [1.54, 1.807) is 11.8 Å². The van der Waals surface area contributed by atoms with Crippen LogP contribution in [0.25, 0.3) is 6.08 Å². The summed E-state index contributed by atoms with van der Waals surface area (Å²) in [6, 6.07) is 0. The molecule has 1 N–H and O–H groups in total. The maximum absolute atomic E-state index is 9.28. The largest absolute Gasteiger partial charge is 0.481 e. The molecule has 0 spiro atoms. The fourth-order valence-corrected chi connectivity index (χ4v) is 1.64. The number of aryl methyl sites for hydroxylation is 2. The van der Waals surface area contributed by atoms with Gasteiger partial charge in [0.15, 0.2) is 0 Å². The second-order valence-electron chi connectivity index (χ2n) is 4.16. The van der Waals surface area contributed by atoms with E-state index in [4.69, 9.17) is 4.74 Å². The second-order valence-corrected chi connectivity index (χ2v) is 4.16. The van der Waals surface area contributed by atoms with E-state index in [1.165, 1.54) is 0 Å². The standard InChI is InChI=1S/C12H20N2O2/c1-8(2)10(7-15)6-11-9(3)13-14(4)12(11)16-5/h6,8,15H,7H2,1-5H3/b10-6-. The number of nitrogens with zero attached hydrogens (tertiary/aromatic N) is 2. The average molecular weight is 224 g/mol. The zero-order valence-electron chi connectivity index (χ0n) is 10.6. The zero-order chi connectivity index (χ0) is 12.3. The first-order valence-corrected chi connectivity index (χ1v) is 5.40. The molecule has 0 fully saturated rings. The first-order valence-electron chi connectivity index (χ1n) is 5.40. The molecule has 0 saturated carbocycles. The third-order valence-electron chi connectivity index (χ3n) is 2.66. The van der Waals surface area contributed by atoms with Gasteiger partial charge in [-0.1, -0.05) is 13.8 Å². The van der Waals surface area contributed by atoms with Gasteiger partial charge in [-0.25, -0.2) is 4.68 Å². The van der Waals surface area contributed by atoms with Crippen LogP contribution in [-0.4, -0.2) is 28.6 Å². The maximum atomic E-state index is 9.28. The molecule has 0 amide bonds. The minimum Gasteiger partial charge on any atom is -0.481 e. The van der Waals surface area contributed by atoms with Crippen LogP contribution in [0.3, 0.4) is 0 Å². The van der Waals surface area contributed by atoms with Crippen LogP contribution in [0.15, 0.2) is 5.57 Å². The minimum absolute atomic E-state index is 0.0646. The summed E-state index contributed by atoms with van der Waals surface area (Å²) in [5.74, 6) is 1.04. The molecule has 16 heavy (non-hydrogen) atoms. The Hall–Kier alpha value is -1.29. The van der Waals surface area contributed by atoms with Crippen molar-refractivity contribution in [1.29, 1.82) is 0 Å². The lowest BCUT2D eigenvalue weighted by Crippen LogP contribution is -2.00. The Bertz CT molecular complexity index is 392. The molecule has 0 aliphatic rings. The predicted molar refractivity (Wildman–Crippen MR) is 64.4 cm³/mol. The molecule has 0 aliphatic carbocycles. The summed E-state index contributed by atoms with van der Waals surface area (Å²) in [4.78, 5) is 0. The van der Waals surface area contributed by atoms with E-state index in [2.05, 4.69) is 18.9 Å². The van der Waals surface area contributed by atoms with Gasteiger partial charge in [0.1, 0.15) is 0 Å². The fraction of sp³-hybridized carbons (Fsp3) is 0.583. The molecule has 0 atom stereocenters. The van der Waals surface area contributed by atoms with Gasteiger partial charge in [-0.15, -0.1) is 0 Å². The number of methoxy groups -OCH3 is 1. The van der Waals surface area contributed by atoms with Crippen molar-refractivity contribution in [1.82, 2.24) is 9.78 Å². The topological polar surface area (TPSA) is 47.3 Å². The lowest BCUT2D eigenvalue weighted by atomic mass is 10.0. The Morgan fingerprint density at radius 3 is 2.62 bits per heavy atom. The van der Waals surface area contributed by atoms with Gasteiger partial charge in [-0.05, 0) is 24.5 Å². The Labute approximate surface area is 96.5 Å². The predicted octanol–water partition coefficient (Wildman–Crippen LogP) is 1.77. The molecule has 0 aromatic carbocycles. The average Bonchev–Trinajstić information content (AvgIpc) is 2.48. The van der Waals surface area contributed by atoms with Crippen LogP contribution >= 0.6 is 0 Å². The van der Waals surface area contributed by atoms with Crippen LogP contribution in [0.2, 0.25) is 0 Å². The summed E-state index contributed by atoms with van der Waals surface area (Å²) in [5.41, 5.74) is 2.84. The molecule has 0 bridgehead atoms. The lowest BCUT2D eigenvalue weighted by molar-refractivity contribution is 0.320. The van der Waals surface area contributed by atoms with Crippen molar-refractivity contribution >= 4 is 6.08 Å². The summed E-state index contributed by atoms with van der Waals surface area (Å²) in [6.45, 7) is 6.11. The van der Waals surface area contributed by atoms with Crippen LogP contribution in [0.5, 0.6) is 5.88 Å². The number of rotatable bonds is 4. The molecule has 1 aromatic heterocycles. The molecule has 90 valence electrons. The number of hydrogen-bond donors (Lipinski definition) is 1. The SMILES string of the molecule is COc1c(/C=C(/CO)C(C)C)c(C)nn1C. The van der Waals surface area contributed by atoms with E-state index in [9.17, 15) is 5.11 Å². The van der Waals surface area contributed by atoms with Gasteiger partial charge < -0.3 is 9.84 Å². The molecule has 1 aromatic rings. The highest BCUT2D eigenvalue weighted by molar-refractivity contribution is 5.60. The Morgan fingerprint density at radius 2 is 2.19 bits per heavy atom. The molecular weight excluding hydrogens is 204 g/mol. The Kier molecular flexibility index (Phi) is 4.12. The first-order chi connectivity index (χ1) is 7.51. The van der Waals surface area contributed by atoms with Gasteiger partial charge >= 0.3 is 0 Å². The van der Waals surface area contributed by atoms with Gasteiger partial charge in [0.25, 0.3) is 0 Å². The smallest absolute Gasteiger partial charge is 0.218 e. The van der Waals surface area contributed by atoms with Gasteiger partial charge in [0.05, 0.1) is 25.0 Å². The van der Waals surface area contributed by atoms with E-state index in [0.29, 0.717) is 5.92 Å². The quantitative estimate of drug-likeness (QED) is 0.848. The zero-order valence-corrected chi connectivity index (χ0v) is 10.6. The van der Waals surface area contributed by atoms with Crippen LogP contribution in [0.4, 0.5) is 0 Å². The molecule has 0 radical (unpaired) electrons. The monoisotopic (exact) mass is 224 g/mol. The number of ether oxygens (including phenoxy) is 1. The number of aliphatic hydroxyl groups is 1. The fourth-order valence-electron chi connectivity index (χ4n) is 1.64. The Balaban J connectivity index is 3.22. The molecule has 1 heterocycles. The number of aromatic nitrogens is 2. The van der Waals surface area contributed by atoms with Crippen molar-refractivity contribution in [3.8, 4) is 5.88 Å². The molecule has 0 saturated heterocycles. The molecule has 0 aliphatic heterocycles. The van der Waals surface area contributed by atoms with Crippen molar-refractivity contribution in [2.75, 3.05) is 13.7 Å². The van der Waals surface area contributed by atoms with E-state index in [1.807, 2.05) is 20.0 Å². The van der Waals surface area contributed by atoms with Gasteiger partial charge in [0.2, 0.25) is 5.88 Å². The first kappa shape index (κ1) is 12.8. The third-order valence-corrected chi connectivity index (χ3v) is 2.66. The Morgan fingerprint density at radius 1 is 1.56 bits per heavy atom. The van der Waals surface area contributed by atoms with E-state index in [-0.39, 0.29) is 6.61 Å². The molecule has 4 nitrogen and oxygen atoms in total. The van der Waals surface area contributed by atoms with Gasteiger partial charge in [-0.3, -0.25) is 0 Å². The van der Waals surface area contributed by atoms with E-state index >= 15 is 0 Å². The van der Waals surface area contributed by atoms with Crippen molar-refractivity contribution < 1.29 is 9.84 Å². The summed E-state index contributed by atoms with van der Waals surface area (Å²) in [5, 5.41) is 13.6. The molecule has 4 heteroatoms. The highest BCUT2D eigenvalue weighted by atomic mass is 16.5. The normalized spacial score (nSPS) is 12.3. The van der Waals surface area contributed by atoms with Crippen molar-refractivity contribution in [2.45, 2.75) is 20.8 Å². The summed E-state index contributed by atoms with van der Waals surface area (Å²) < 4.78 is 7.00. The highest BCUT2D eigenvalue weighted by Crippen LogP contribution is 2.25. The third kappa shape index (κ3) is 2.44. The summed E-state index contributed by atoms with van der Waals surface area (Å²) in [6.07, 6.45) is 1.96. The van der Waals surface area contributed by atoms with Gasteiger partial charge in [0, 0.05) is 7.05 Å². The minimum atomic E-state index is 0.0646. The van der Waals surface area contributed by atoms with Crippen molar-refractivity contribution in [3.63, 3.8) is 0 Å².